The Labute approximate surface area is 182 Å². The average Bonchev–Trinajstić information content (AvgIpc) is 2.86. The van der Waals surface area contributed by atoms with Crippen molar-refractivity contribution < 1.29 is 4.74 Å². The first-order valence-corrected chi connectivity index (χ1v) is 10.9. The van der Waals surface area contributed by atoms with Crippen LogP contribution in [0.25, 0.3) is 11.3 Å². The third-order valence-corrected chi connectivity index (χ3v) is 6.02. The number of likely N-dealkylation sites (tertiary alicyclic amines) is 1. The van der Waals surface area contributed by atoms with E-state index in [9.17, 15) is 0 Å². The minimum absolute atomic E-state index is 0.375. The molecule has 2 saturated heterocycles. The first kappa shape index (κ1) is 20.0. The van der Waals surface area contributed by atoms with Crippen molar-refractivity contribution in [3.63, 3.8) is 0 Å². The molecule has 0 N–H and O–H groups in total. The molecule has 0 unspecified atom stereocenters. The number of aromatic nitrogens is 5. The van der Waals surface area contributed by atoms with Crippen molar-refractivity contribution in [1.82, 2.24) is 29.8 Å². The van der Waals surface area contributed by atoms with E-state index in [4.69, 9.17) is 9.72 Å². The molecule has 160 valence electrons. The lowest BCUT2D eigenvalue weighted by molar-refractivity contribution is 0.122. The molecule has 31 heavy (non-hydrogen) atoms. The fraction of sp³-hybridized carbons (Fsp3) is 0.435. The van der Waals surface area contributed by atoms with Gasteiger partial charge in [0.25, 0.3) is 0 Å². The molecule has 0 radical (unpaired) electrons. The molecule has 0 amide bonds. The van der Waals surface area contributed by atoms with Gasteiger partial charge in [0.05, 0.1) is 36.5 Å². The summed E-state index contributed by atoms with van der Waals surface area (Å²) in [7, 11) is 0. The van der Waals surface area contributed by atoms with E-state index in [0.717, 1.165) is 87.4 Å². The van der Waals surface area contributed by atoms with Crippen molar-refractivity contribution in [2.45, 2.75) is 25.3 Å². The molecular weight excluding hydrogens is 390 g/mol. The van der Waals surface area contributed by atoms with Gasteiger partial charge in [0, 0.05) is 55.9 Å². The van der Waals surface area contributed by atoms with Crippen molar-refractivity contribution in [3.05, 3.63) is 60.6 Å². The summed E-state index contributed by atoms with van der Waals surface area (Å²) in [4.78, 5) is 27.7. The van der Waals surface area contributed by atoms with Crippen molar-refractivity contribution in [2.24, 2.45) is 0 Å². The number of rotatable bonds is 5. The summed E-state index contributed by atoms with van der Waals surface area (Å²) in [5, 5.41) is 0. The molecule has 5 rings (SSSR count). The highest BCUT2D eigenvalue weighted by atomic mass is 16.5. The van der Waals surface area contributed by atoms with Crippen LogP contribution >= 0.6 is 0 Å². The van der Waals surface area contributed by atoms with Crippen LogP contribution in [0.3, 0.4) is 0 Å². The minimum Gasteiger partial charge on any atom is -0.378 e. The smallest absolute Gasteiger partial charge is 0.225 e. The Kier molecular flexibility index (Phi) is 6.08. The third kappa shape index (κ3) is 4.70. The molecule has 0 saturated carbocycles. The Hall–Kier alpha value is -2.97. The van der Waals surface area contributed by atoms with Crippen LogP contribution in [0, 0.1) is 0 Å². The fourth-order valence-electron chi connectivity index (χ4n) is 4.33. The Bertz CT molecular complexity index is 972. The number of nitrogens with zero attached hydrogens (tertiary/aromatic N) is 7. The van der Waals surface area contributed by atoms with Gasteiger partial charge in [-0.3, -0.25) is 19.9 Å². The maximum absolute atomic E-state index is 5.50. The molecule has 3 aromatic heterocycles. The first-order valence-electron chi connectivity index (χ1n) is 10.9. The van der Waals surface area contributed by atoms with Gasteiger partial charge in [-0.1, -0.05) is 6.07 Å². The summed E-state index contributed by atoms with van der Waals surface area (Å²) < 4.78 is 5.50. The summed E-state index contributed by atoms with van der Waals surface area (Å²) in [6, 6.07) is 6.11. The number of piperidine rings is 1. The van der Waals surface area contributed by atoms with E-state index in [2.05, 4.69) is 41.9 Å². The molecule has 5 heterocycles. The highest BCUT2D eigenvalue weighted by molar-refractivity contribution is 5.62. The van der Waals surface area contributed by atoms with Gasteiger partial charge >= 0.3 is 0 Å². The second-order valence-corrected chi connectivity index (χ2v) is 8.03. The third-order valence-electron chi connectivity index (χ3n) is 6.02. The van der Waals surface area contributed by atoms with E-state index in [0.29, 0.717) is 5.92 Å². The van der Waals surface area contributed by atoms with Crippen LogP contribution in [0.2, 0.25) is 0 Å². The molecule has 0 aromatic carbocycles. The summed E-state index contributed by atoms with van der Waals surface area (Å²) >= 11 is 0. The minimum atomic E-state index is 0.375. The summed E-state index contributed by atoms with van der Waals surface area (Å²) in [6.07, 6.45) is 11.1. The summed E-state index contributed by atoms with van der Waals surface area (Å²) in [5.41, 5.74) is 4.04. The zero-order valence-electron chi connectivity index (χ0n) is 17.6. The maximum Gasteiger partial charge on any atom is 0.225 e. The lowest BCUT2D eigenvalue weighted by atomic mass is 9.90. The van der Waals surface area contributed by atoms with Gasteiger partial charge in [-0.05, 0) is 38.1 Å². The molecule has 0 spiro atoms. The lowest BCUT2D eigenvalue weighted by Gasteiger charge is -2.33. The molecule has 0 aliphatic carbocycles. The number of hydrogen-bond donors (Lipinski definition) is 0. The van der Waals surface area contributed by atoms with E-state index >= 15 is 0 Å². The molecule has 8 nitrogen and oxygen atoms in total. The van der Waals surface area contributed by atoms with Crippen molar-refractivity contribution >= 4 is 5.95 Å². The van der Waals surface area contributed by atoms with E-state index in [-0.39, 0.29) is 0 Å². The molecular formula is C23H27N7O. The van der Waals surface area contributed by atoms with Crippen molar-refractivity contribution in [3.8, 4) is 11.3 Å². The number of ether oxygens (including phenoxy) is 1. The molecule has 2 aliphatic heterocycles. The van der Waals surface area contributed by atoms with Gasteiger partial charge in [0.2, 0.25) is 5.95 Å². The number of morpholine rings is 1. The zero-order chi connectivity index (χ0) is 20.9. The quantitative estimate of drug-likeness (QED) is 0.627. The van der Waals surface area contributed by atoms with Crippen molar-refractivity contribution in [1.29, 1.82) is 0 Å². The molecule has 0 bridgehead atoms. The van der Waals surface area contributed by atoms with Gasteiger partial charge in [-0.25, -0.2) is 9.97 Å². The van der Waals surface area contributed by atoms with Gasteiger partial charge < -0.3 is 9.64 Å². The van der Waals surface area contributed by atoms with Crippen LogP contribution in [0.5, 0.6) is 0 Å². The van der Waals surface area contributed by atoms with E-state index in [1.54, 1.807) is 18.6 Å². The number of pyridine rings is 1. The molecule has 2 aliphatic rings. The molecule has 2 fully saturated rings. The van der Waals surface area contributed by atoms with Gasteiger partial charge in [0.15, 0.2) is 0 Å². The van der Waals surface area contributed by atoms with Crippen LogP contribution < -0.4 is 4.90 Å². The molecule has 3 aromatic rings. The average molecular weight is 418 g/mol. The SMILES string of the molecule is c1ccc(CN2CCC(c3nc(N4CCOCC4)ncc3-c3cnccn3)CC2)nc1. The second-order valence-electron chi connectivity index (χ2n) is 8.03. The summed E-state index contributed by atoms with van der Waals surface area (Å²) in [6.45, 7) is 6.04. The Balaban J connectivity index is 1.37. The Morgan fingerprint density at radius 1 is 0.903 bits per heavy atom. The fourth-order valence-corrected chi connectivity index (χ4v) is 4.33. The normalized spacial score (nSPS) is 18.3. The van der Waals surface area contributed by atoms with Gasteiger partial charge in [0.1, 0.15) is 0 Å². The Morgan fingerprint density at radius 3 is 2.52 bits per heavy atom. The standard InChI is InChI=1S/C23H27N7O/c1-2-6-25-19(3-1)17-29-9-4-18(5-10-29)22-20(21-16-24-7-8-26-21)15-27-23(28-22)30-11-13-31-14-12-30/h1-3,6-8,15-16,18H,4-5,9-14,17H2. The maximum atomic E-state index is 5.50. The largest absolute Gasteiger partial charge is 0.378 e. The highest BCUT2D eigenvalue weighted by Gasteiger charge is 2.27. The van der Waals surface area contributed by atoms with Crippen LogP contribution in [-0.2, 0) is 11.3 Å². The number of hydrogen-bond acceptors (Lipinski definition) is 8. The summed E-state index contributed by atoms with van der Waals surface area (Å²) in [5.74, 6) is 1.17. The second kappa shape index (κ2) is 9.45. The predicted molar refractivity (Wildman–Crippen MR) is 118 cm³/mol. The van der Waals surface area contributed by atoms with Crippen LogP contribution in [0.4, 0.5) is 5.95 Å². The predicted octanol–water partition coefficient (Wildman–Crippen LogP) is 2.54. The Morgan fingerprint density at radius 2 is 1.77 bits per heavy atom. The van der Waals surface area contributed by atoms with Crippen molar-refractivity contribution in [2.75, 3.05) is 44.3 Å². The van der Waals surface area contributed by atoms with Gasteiger partial charge in [-0.2, -0.15) is 0 Å². The van der Waals surface area contributed by atoms with Crippen LogP contribution in [0.15, 0.2) is 49.2 Å². The monoisotopic (exact) mass is 417 g/mol. The van der Waals surface area contributed by atoms with Gasteiger partial charge in [-0.15, -0.1) is 0 Å². The number of anilines is 1. The zero-order valence-corrected chi connectivity index (χ0v) is 17.6. The van der Waals surface area contributed by atoms with Crippen LogP contribution in [-0.4, -0.2) is 69.2 Å². The van der Waals surface area contributed by atoms with E-state index in [1.807, 2.05) is 18.5 Å². The topological polar surface area (TPSA) is 80.2 Å². The highest BCUT2D eigenvalue weighted by Crippen LogP contribution is 2.34. The van der Waals surface area contributed by atoms with Crippen LogP contribution in [0.1, 0.15) is 30.1 Å². The van der Waals surface area contributed by atoms with E-state index in [1.165, 1.54) is 0 Å². The molecule has 0 atom stereocenters. The lowest BCUT2D eigenvalue weighted by Crippen LogP contribution is -2.38. The first-order chi connectivity index (χ1) is 15.4. The van der Waals surface area contributed by atoms with E-state index < -0.39 is 0 Å². The molecule has 8 heteroatoms.